The van der Waals surface area contributed by atoms with Crippen molar-refractivity contribution in [3.63, 3.8) is 0 Å². The Morgan fingerprint density at radius 2 is 1.35 bits per heavy atom. The van der Waals surface area contributed by atoms with Crippen LogP contribution in [0.4, 0.5) is 8.78 Å². The molecular weight excluding hydrogens is 218 g/mol. The molecule has 2 heteroatoms. The Bertz CT molecular complexity index is 513. The topological polar surface area (TPSA) is 0 Å². The molecule has 0 aromatic heterocycles. The molecule has 0 radical (unpaired) electrons. The fourth-order valence-corrected chi connectivity index (χ4v) is 1.60. The van der Waals surface area contributed by atoms with Crippen molar-refractivity contribution in [3.8, 4) is 11.1 Å². The van der Waals surface area contributed by atoms with Crippen molar-refractivity contribution in [2.24, 2.45) is 0 Å². The zero-order valence-corrected chi connectivity index (χ0v) is 9.22. The van der Waals surface area contributed by atoms with E-state index in [1.54, 1.807) is 31.2 Å². The molecule has 0 nitrogen and oxygen atoms in total. The highest BCUT2D eigenvalue weighted by Gasteiger charge is 2.11. The van der Waals surface area contributed by atoms with Crippen LogP contribution in [0.5, 0.6) is 0 Å². The fraction of sp³-hybridized carbons (Fsp3) is 0.200. The average molecular weight is 234 g/mol. The van der Waals surface area contributed by atoms with E-state index in [0.717, 1.165) is 5.56 Å². The van der Waals surface area contributed by atoms with Gasteiger partial charge in [0.05, 0.1) is 0 Å². The van der Waals surface area contributed by atoms with Crippen LogP contribution < -0.4 is 0 Å². The lowest BCUT2D eigenvalue weighted by Crippen LogP contribution is -1.92. The summed E-state index contributed by atoms with van der Waals surface area (Å²) in [7, 11) is 0. The zero-order chi connectivity index (χ0) is 11.7. The summed E-state index contributed by atoms with van der Waals surface area (Å²) in [5.74, 6) is -1.54. The Kier molecular flexibility index (Phi) is 4.00. The molecule has 0 unspecified atom stereocenters. The largest absolute Gasteiger partial charge is 0.203 e. The van der Waals surface area contributed by atoms with Gasteiger partial charge in [-0.05, 0) is 25.0 Å². The molecule has 0 spiro atoms. The first-order chi connectivity index (χ1) is 7.59. The zero-order valence-electron chi connectivity index (χ0n) is 9.22. The first kappa shape index (κ1) is 13.4. The van der Waals surface area contributed by atoms with Crippen molar-refractivity contribution < 1.29 is 8.78 Å². The molecule has 0 fully saturated rings. The van der Waals surface area contributed by atoms with E-state index in [0.29, 0.717) is 16.7 Å². The Morgan fingerprint density at radius 1 is 0.765 bits per heavy atom. The summed E-state index contributed by atoms with van der Waals surface area (Å²) in [6.45, 7) is 3.51. The summed E-state index contributed by atoms with van der Waals surface area (Å²) in [6, 6.07) is 10.6. The minimum absolute atomic E-state index is 0. The molecule has 0 saturated heterocycles. The van der Waals surface area contributed by atoms with Gasteiger partial charge >= 0.3 is 0 Å². The van der Waals surface area contributed by atoms with Crippen LogP contribution in [0.15, 0.2) is 36.4 Å². The third-order valence-electron chi connectivity index (χ3n) is 2.64. The van der Waals surface area contributed by atoms with E-state index in [9.17, 15) is 8.78 Å². The van der Waals surface area contributed by atoms with E-state index in [2.05, 4.69) is 0 Å². The molecule has 0 aliphatic rings. The Balaban J connectivity index is 0.00000144. The van der Waals surface area contributed by atoms with Crippen LogP contribution in [0.1, 0.15) is 18.6 Å². The second-order valence-electron chi connectivity index (χ2n) is 3.92. The van der Waals surface area contributed by atoms with E-state index < -0.39 is 11.6 Å². The molecule has 0 amide bonds. The van der Waals surface area contributed by atoms with Crippen LogP contribution >= 0.6 is 0 Å². The second-order valence-corrected chi connectivity index (χ2v) is 3.92. The third kappa shape index (κ3) is 2.52. The van der Waals surface area contributed by atoms with Gasteiger partial charge in [0.15, 0.2) is 11.6 Å². The Morgan fingerprint density at radius 3 is 1.94 bits per heavy atom. The first-order valence-corrected chi connectivity index (χ1v) is 5.11. The highest BCUT2D eigenvalue weighted by Crippen LogP contribution is 2.26. The van der Waals surface area contributed by atoms with Gasteiger partial charge in [-0.1, -0.05) is 49.4 Å². The maximum atomic E-state index is 13.7. The Hall–Kier alpha value is -1.70. The summed E-state index contributed by atoms with van der Waals surface area (Å²) in [4.78, 5) is 0. The first-order valence-electron chi connectivity index (χ1n) is 5.11. The highest BCUT2D eigenvalue weighted by atomic mass is 19.2. The lowest BCUT2D eigenvalue weighted by Gasteiger charge is -2.06. The lowest BCUT2D eigenvalue weighted by molar-refractivity contribution is 0.505. The molecule has 0 N–H and O–H groups in total. The van der Waals surface area contributed by atoms with Crippen LogP contribution in [0.25, 0.3) is 11.1 Å². The standard InChI is InChI=1S/C14H12F2.CH4/c1-9-3-6-11(7-4-9)12-8-5-10(2)13(15)14(12)16;/h3-8H,1-2H3;1H4. The number of rotatable bonds is 1. The van der Waals surface area contributed by atoms with Gasteiger partial charge in [0.25, 0.3) is 0 Å². The van der Waals surface area contributed by atoms with Gasteiger partial charge < -0.3 is 0 Å². The van der Waals surface area contributed by atoms with Gasteiger partial charge in [-0.25, -0.2) is 8.78 Å². The normalized spacial score (nSPS) is 9.88. The van der Waals surface area contributed by atoms with E-state index in [1.165, 1.54) is 0 Å². The molecule has 0 atom stereocenters. The summed E-state index contributed by atoms with van der Waals surface area (Å²) in [5.41, 5.74) is 2.43. The maximum absolute atomic E-state index is 13.7. The van der Waals surface area contributed by atoms with Crippen LogP contribution in [-0.2, 0) is 0 Å². The SMILES string of the molecule is C.Cc1ccc(-c2ccc(C)c(F)c2F)cc1. The molecule has 0 aliphatic heterocycles. The van der Waals surface area contributed by atoms with Crippen molar-refractivity contribution in [2.45, 2.75) is 21.3 Å². The van der Waals surface area contributed by atoms with Crippen molar-refractivity contribution in [1.29, 1.82) is 0 Å². The summed E-state index contributed by atoms with van der Waals surface area (Å²) >= 11 is 0. The van der Waals surface area contributed by atoms with E-state index >= 15 is 0 Å². The quantitative estimate of drug-likeness (QED) is 0.659. The van der Waals surface area contributed by atoms with E-state index in [-0.39, 0.29) is 7.43 Å². The van der Waals surface area contributed by atoms with Crippen LogP contribution in [0, 0.1) is 25.5 Å². The van der Waals surface area contributed by atoms with Crippen molar-refractivity contribution in [3.05, 3.63) is 59.2 Å². The molecule has 90 valence electrons. The van der Waals surface area contributed by atoms with Gasteiger partial charge in [-0.3, -0.25) is 0 Å². The molecular formula is C15H16F2. The fourth-order valence-electron chi connectivity index (χ4n) is 1.60. The molecule has 0 aliphatic carbocycles. The monoisotopic (exact) mass is 234 g/mol. The summed E-state index contributed by atoms with van der Waals surface area (Å²) < 4.78 is 27.1. The molecule has 0 heterocycles. The highest BCUT2D eigenvalue weighted by molar-refractivity contribution is 5.64. The van der Waals surface area contributed by atoms with Gasteiger partial charge in [-0.15, -0.1) is 0 Å². The number of aryl methyl sites for hydroxylation is 2. The number of halogens is 2. The summed E-state index contributed by atoms with van der Waals surface area (Å²) in [5, 5.41) is 0. The number of benzene rings is 2. The minimum atomic E-state index is -0.774. The van der Waals surface area contributed by atoms with Crippen molar-refractivity contribution in [2.75, 3.05) is 0 Å². The maximum Gasteiger partial charge on any atom is 0.166 e. The van der Waals surface area contributed by atoms with Gasteiger partial charge in [0.1, 0.15) is 0 Å². The number of hydrogen-bond donors (Lipinski definition) is 0. The van der Waals surface area contributed by atoms with Crippen LogP contribution in [-0.4, -0.2) is 0 Å². The van der Waals surface area contributed by atoms with E-state index in [1.807, 2.05) is 19.1 Å². The van der Waals surface area contributed by atoms with E-state index in [4.69, 9.17) is 0 Å². The van der Waals surface area contributed by atoms with Crippen LogP contribution in [0.2, 0.25) is 0 Å². The molecule has 2 rings (SSSR count). The second kappa shape index (κ2) is 5.09. The van der Waals surface area contributed by atoms with Crippen molar-refractivity contribution in [1.82, 2.24) is 0 Å². The molecule has 2 aromatic rings. The molecule has 0 saturated carbocycles. The smallest absolute Gasteiger partial charge is 0.166 e. The third-order valence-corrected chi connectivity index (χ3v) is 2.64. The molecule has 2 aromatic carbocycles. The predicted molar refractivity (Wildman–Crippen MR) is 68.0 cm³/mol. The number of hydrogen-bond acceptors (Lipinski definition) is 0. The average Bonchev–Trinajstić information content (AvgIpc) is 2.28. The van der Waals surface area contributed by atoms with Gasteiger partial charge in [0.2, 0.25) is 0 Å². The lowest BCUT2D eigenvalue weighted by atomic mass is 10.0. The molecule has 17 heavy (non-hydrogen) atoms. The van der Waals surface area contributed by atoms with Gasteiger partial charge in [-0.2, -0.15) is 0 Å². The summed E-state index contributed by atoms with van der Waals surface area (Å²) in [6.07, 6.45) is 0. The van der Waals surface area contributed by atoms with Crippen LogP contribution in [0.3, 0.4) is 0 Å². The minimum Gasteiger partial charge on any atom is -0.203 e. The predicted octanol–water partition coefficient (Wildman–Crippen LogP) is 4.88. The Labute approximate surface area is 101 Å². The van der Waals surface area contributed by atoms with Crippen molar-refractivity contribution >= 4 is 0 Å². The van der Waals surface area contributed by atoms with Gasteiger partial charge in [0, 0.05) is 5.56 Å². The molecule has 0 bridgehead atoms.